The monoisotopic (exact) mass is 297 g/mol. The fourth-order valence-electron chi connectivity index (χ4n) is 2.49. The number of rotatable bonds is 3. The summed E-state index contributed by atoms with van der Waals surface area (Å²) in [5, 5.41) is 0. The molecule has 0 aromatic heterocycles. The van der Waals surface area contributed by atoms with Gasteiger partial charge in [0.15, 0.2) is 0 Å². The number of sulfonamides is 1. The summed E-state index contributed by atoms with van der Waals surface area (Å²) < 4.78 is 25.6. The van der Waals surface area contributed by atoms with Gasteiger partial charge >= 0.3 is 0 Å². The van der Waals surface area contributed by atoms with E-state index in [0.29, 0.717) is 5.69 Å². The lowest BCUT2D eigenvalue weighted by molar-refractivity contribution is 0.418. The molecule has 0 amide bonds. The van der Waals surface area contributed by atoms with Gasteiger partial charge in [-0.15, -0.1) is 0 Å². The molecule has 2 N–H and O–H groups in total. The van der Waals surface area contributed by atoms with Crippen molar-refractivity contribution in [2.45, 2.75) is 25.2 Å². The number of nitrogens with two attached hydrogens (primary N) is 1. The number of hydrogen-bond donors (Lipinski definition) is 1. The second kappa shape index (κ2) is 4.93. The van der Waals surface area contributed by atoms with Crippen LogP contribution in [0.3, 0.4) is 0 Å². The van der Waals surface area contributed by atoms with Gasteiger partial charge in [0.05, 0.1) is 16.3 Å². The number of nitrogens with zero attached hydrogens (tertiary/aromatic N) is 2. The summed E-state index contributed by atoms with van der Waals surface area (Å²) in [4.78, 5) is 2.46. The van der Waals surface area contributed by atoms with E-state index < -0.39 is 10.0 Å². The van der Waals surface area contributed by atoms with Crippen LogP contribution in [0.1, 0.15) is 20.3 Å². The van der Waals surface area contributed by atoms with Gasteiger partial charge in [0.25, 0.3) is 0 Å². The van der Waals surface area contributed by atoms with E-state index in [1.807, 2.05) is 0 Å². The summed E-state index contributed by atoms with van der Waals surface area (Å²) in [6.45, 7) is 6.22. The molecule has 1 fully saturated rings. The van der Waals surface area contributed by atoms with Crippen molar-refractivity contribution in [2.24, 2.45) is 5.41 Å². The normalized spacial score (nSPS) is 18.8. The average Bonchev–Trinajstić information content (AvgIpc) is 2.69. The van der Waals surface area contributed by atoms with E-state index in [0.717, 1.165) is 25.2 Å². The Bertz CT molecular complexity index is 609. The Kier molecular flexibility index (Phi) is 3.73. The van der Waals surface area contributed by atoms with Crippen molar-refractivity contribution in [3.05, 3.63) is 18.2 Å². The maximum atomic E-state index is 12.2. The third kappa shape index (κ3) is 2.76. The summed E-state index contributed by atoms with van der Waals surface area (Å²) >= 11 is 0. The van der Waals surface area contributed by atoms with E-state index in [1.54, 1.807) is 18.2 Å². The maximum absolute atomic E-state index is 12.2. The fraction of sp³-hybridized carbons (Fsp3) is 0.571. The molecule has 0 atom stereocenters. The molecule has 1 aliphatic heterocycles. The zero-order valence-corrected chi connectivity index (χ0v) is 13.4. The molecule has 0 saturated carbocycles. The van der Waals surface area contributed by atoms with Crippen molar-refractivity contribution >= 4 is 21.4 Å². The third-order valence-electron chi connectivity index (χ3n) is 3.80. The van der Waals surface area contributed by atoms with E-state index in [1.165, 1.54) is 18.4 Å². The van der Waals surface area contributed by atoms with E-state index >= 15 is 0 Å². The minimum absolute atomic E-state index is 0.239. The van der Waals surface area contributed by atoms with Gasteiger partial charge in [-0.3, -0.25) is 0 Å². The topological polar surface area (TPSA) is 66.6 Å². The van der Waals surface area contributed by atoms with Gasteiger partial charge in [0.2, 0.25) is 10.0 Å². The molecule has 112 valence electrons. The zero-order valence-electron chi connectivity index (χ0n) is 12.5. The number of hydrogen-bond acceptors (Lipinski definition) is 4. The molecule has 2 rings (SSSR count). The molecule has 1 aromatic rings. The lowest BCUT2D eigenvalue weighted by Gasteiger charge is -2.24. The van der Waals surface area contributed by atoms with Gasteiger partial charge in [0.1, 0.15) is 0 Å². The first-order chi connectivity index (χ1) is 9.13. The minimum atomic E-state index is -3.42. The van der Waals surface area contributed by atoms with Crippen molar-refractivity contribution in [2.75, 3.05) is 37.8 Å². The third-order valence-corrected chi connectivity index (χ3v) is 5.61. The Balaban J connectivity index is 2.41. The van der Waals surface area contributed by atoms with E-state index in [-0.39, 0.29) is 10.3 Å². The van der Waals surface area contributed by atoms with Crippen LogP contribution in [-0.4, -0.2) is 39.9 Å². The Morgan fingerprint density at radius 2 is 1.95 bits per heavy atom. The molecular formula is C14H23N3O2S. The first kappa shape index (κ1) is 15.1. The van der Waals surface area contributed by atoms with Crippen molar-refractivity contribution < 1.29 is 8.42 Å². The fourth-order valence-corrected chi connectivity index (χ4v) is 3.41. The van der Waals surface area contributed by atoms with Crippen LogP contribution < -0.4 is 10.6 Å². The SMILES string of the molecule is CN(C)S(=O)(=O)c1ccc(N)c(N2CCC(C)(C)C2)c1. The summed E-state index contributed by atoms with van der Waals surface area (Å²) in [6, 6.07) is 4.93. The highest BCUT2D eigenvalue weighted by Gasteiger charge is 2.31. The van der Waals surface area contributed by atoms with E-state index in [9.17, 15) is 8.42 Å². The van der Waals surface area contributed by atoms with Crippen molar-refractivity contribution in [3.63, 3.8) is 0 Å². The first-order valence-corrected chi connectivity index (χ1v) is 8.14. The number of benzene rings is 1. The predicted octanol–water partition coefficient (Wildman–Crippen LogP) is 1.76. The second-order valence-electron chi connectivity index (χ2n) is 6.34. The van der Waals surface area contributed by atoms with E-state index in [2.05, 4.69) is 18.7 Å². The molecule has 1 aliphatic rings. The minimum Gasteiger partial charge on any atom is -0.397 e. The van der Waals surface area contributed by atoms with Gasteiger partial charge in [0, 0.05) is 27.2 Å². The average molecular weight is 297 g/mol. The van der Waals surface area contributed by atoms with Crippen LogP contribution in [0.4, 0.5) is 11.4 Å². The quantitative estimate of drug-likeness (QED) is 0.863. The van der Waals surface area contributed by atoms with Gasteiger partial charge in [-0.2, -0.15) is 0 Å². The maximum Gasteiger partial charge on any atom is 0.242 e. The number of nitrogen functional groups attached to an aromatic ring is 1. The Labute approximate surface area is 121 Å². The highest BCUT2D eigenvalue weighted by atomic mass is 32.2. The lowest BCUT2D eigenvalue weighted by atomic mass is 9.93. The number of anilines is 2. The molecule has 1 heterocycles. The highest BCUT2D eigenvalue weighted by molar-refractivity contribution is 7.89. The van der Waals surface area contributed by atoms with Crippen molar-refractivity contribution in [1.29, 1.82) is 0 Å². The van der Waals surface area contributed by atoms with Crippen LogP contribution >= 0.6 is 0 Å². The van der Waals surface area contributed by atoms with Crippen LogP contribution in [0.5, 0.6) is 0 Å². The van der Waals surface area contributed by atoms with Crippen LogP contribution in [0.25, 0.3) is 0 Å². The highest BCUT2D eigenvalue weighted by Crippen LogP contribution is 2.36. The summed E-state index contributed by atoms with van der Waals surface area (Å²) in [5.74, 6) is 0. The molecule has 1 saturated heterocycles. The summed E-state index contributed by atoms with van der Waals surface area (Å²) in [6.07, 6.45) is 1.08. The Morgan fingerprint density at radius 1 is 1.30 bits per heavy atom. The summed E-state index contributed by atoms with van der Waals surface area (Å²) in [7, 11) is -0.359. The lowest BCUT2D eigenvalue weighted by Crippen LogP contribution is -2.25. The molecule has 20 heavy (non-hydrogen) atoms. The molecule has 6 heteroatoms. The molecule has 0 spiro atoms. The van der Waals surface area contributed by atoms with Gasteiger partial charge < -0.3 is 10.6 Å². The van der Waals surface area contributed by atoms with Gasteiger partial charge in [-0.25, -0.2) is 12.7 Å². The van der Waals surface area contributed by atoms with E-state index in [4.69, 9.17) is 5.73 Å². The Morgan fingerprint density at radius 3 is 2.45 bits per heavy atom. The molecular weight excluding hydrogens is 274 g/mol. The molecule has 0 bridgehead atoms. The Hall–Kier alpha value is -1.27. The molecule has 0 aliphatic carbocycles. The molecule has 1 aromatic carbocycles. The second-order valence-corrected chi connectivity index (χ2v) is 8.50. The van der Waals surface area contributed by atoms with Crippen LogP contribution in [0.15, 0.2) is 23.1 Å². The standard InChI is InChI=1S/C14H23N3O2S/c1-14(2)7-8-17(10-14)13-9-11(5-6-12(13)15)20(18,19)16(3)4/h5-6,9H,7-8,10,15H2,1-4H3. The van der Waals surface area contributed by atoms with Gasteiger partial charge in [-0.1, -0.05) is 13.8 Å². The van der Waals surface area contributed by atoms with Crippen LogP contribution in [0.2, 0.25) is 0 Å². The first-order valence-electron chi connectivity index (χ1n) is 6.70. The summed E-state index contributed by atoms with van der Waals surface area (Å²) in [5.41, 5.74) is 7.71. The molecule has 0 radical (unpaired) electrons. The van der Waals surface area contributed by atoms with Crippen LogP contribution in [0, 0.1) is 5.41 Å². The zero-order chi connectivity index (χ0) is 15.1. The predicted molar refractivity (Wildman–Crippen MR) is 82.3 cm³/mol. The van der Waals surface area contributed by atoms with Crippen molar-refractivity contribution in [1.82, 2.24) is 4.31 Å². The smallest absolute Gasteiger partial charge is 0.242 e. The molecule has 5 nitrogen and oxygen atoms in total. The largest absolute Gasteiger partial charge is 0.397 e. The van der Waals surface area contributed by atoms with Crippen molar-refractivity contribution in [3.8, 4) is 0 Å². The van der Waals surface area contributed by atoms with Gasteiger partial charge in [-0.05, 0) is 30.0 Å². The molecule has 0 unspecified atom stereocenters. The van der Waals surface area contributed by atoms with Crippen LogP contribution in [-0.2, 0) is 10.0 Å².